The van der Waals surface area contributed by atoms with Crippen molar-refractivity contribution in [3.63, 3.8) is 0 Å². The predicted molar refractivity (Wildman–Crippen MR) is 281 cm³/mol. The second-order valence-electron chi connectivity index (χ2n) is 19.8. The first-order chi connectivity index (χ1) is 32.7. The Hall–Kier alpha value is -7.68. The zero-order valence-electron chi connectivity index (χ0n) is 38.7. The van der Waals surface area contributed by atoms with E-state index < -0.39 is 0 Å². The van der Waals surface area contributed by atoms with Crippen molar-refractivity contribution < 1.29 is 4.42 Å². The lowest BCUT2D eigenvalue weighted by Crippen LogP contribution is -2.21. The zero-order valence-corrected chi connectivity index (χ0v) is 38.7. The van der Waals surface area contributed by atoms with Gasteiger partial charge < -0.3 is 9.32 Å². The van der Waals surface area contributed by atoms with E-state index in [9.17, 15) is 0 Å². The van der Waals surface area contributed by atoms with Gasteiger partial charge in [0.1, 0.15) is 11.2 Å². The van der Waals surface area contributed by atoms with Crippen LogP contribution in [0, 0.1) is 6.92 Å². The fourth-order valence-electron chi connectivity index (χ4n) is 12.0. The standard InChI is InChI=1S/C65H51NO/c1-39(2)58-35-42(41-14-7-6-8-15-41)22-27-50(58)47-30-25-45(34-40(47)3)66(61-33-32-56-49-17-10-9-16-48(49)55-19-13-20-57(61)64(55)56)46-26-31-52-51-28-23-43(36-59(51)65(4,5)60(52)38-46)44-24-29-54-53-18-11-12-21-62(53)67-63(54)37-44/h6-31,33-39,56H,32H2,1-5H3. The molecule has 0 radical (unpaired) electrons. The molecular weight excluding hydrogens is 811 g/mol. The summed E-state index contributed by atoms with van der Waals surface area (Å²) in [5, 5.41) is 2.31. The Morgan fingerprint density at radius 3 is 1.94 bits per heavy atom. The second kappa shape index (κ2) is 14.9. The van der Waals surface area contributed by atoms with Gasteiger partial charge in [-0.05, 0) is 157 Å². The van der Waals surface area contributed by atoms with Crippen molar-refractivity contribution in [3.8, 4) is 55.6 Å². The van der Waals surface area contributed by atoms with E-state index in [1.165, 1.54) is 112 Å². The number of aryl methyl sites for hydroxylation is 1. The predicted octanol–water partition coefficient (Wildman–Crippen LogP) is 18.0. The van der Waals surface area contributed by atoms with Crippen LogP contribution < -0.4 is 4.90 Å². The van der Waals surface area contributed by atoms with Crippen LogP contribution in [-0.4, -0.2) is 0 Å². The van der Waals surface area contributed by atoms with Gasteiger partial charge in [0, 0.05) is 44.7 Å². The summed E-state index contributed by atoms with van der Waals surface area (Å²) in [6, 6.07) is 70.2. The summed E-state index contributed by atoms with van der Waals surface area (Å²) in [6.45, 7) is 11.7. The molecule has 0 amide bonds. The Morgan fingerprint density at radius 1 is 0.493 bits per heavy atom. The summed E-state index contributed by atoms with van der Waals surface area (Å²) in [5.74, 6) is 0.731. The van der Waals surface area contributed by atoms with E-state index in [1.807, 2.05) is 6.07 Å². The molecule has 0 fully saturated rings. The molecule has 67 heavy (non-hydrogen) atoms. The minimum absolute atomic E-state index is 0.230. The molecule has 2 heteroatoms. The van der Waals surface area contributed by atoms with Crippen LogP contribution in [0.4, 0.5) is 11.4 Å². The van der Waals surface area contributed by atoms with Crippen molar-refractivity contribution in [2.24, 2.45) is 0 Å². The smallest absolute Gasteiger partial charge is 0.136 e. The molecule has 0 saturated carbocycles. The molecule has 1 aromatic heterocycles. The Morgan fingerprint density at radius 2 is 1.12 bits per heavy atom. The monoisotopic (exact) mass is 861 g/mol. The number of anilines is 2. The van der Waals surface area contributed by atoms with Gasteiger partial charge in [0.25, 0.3) is 0 Å². The van der Waals surface area contributed by atoms with Crippen molar-refractivity contribution >= 4 is 39.0 Å². The van der Waals surface area contributed by atoms with Crippen LogP contribution in [0.3, 0.4) is 0 Å². The molecule has 0 spiro atoms. The van der Waals surface area contributed by atoms with Gasteiger partial charge in [-0.2, -0.15) is 0 Å². The molecule has 0 saturated heterocycles. The number of para-hydroxylation sites is 1. The third kappa shape index (κ3) is 6.09. The molecule has 1 atom stereocenters. The summed E-state index contributed by atoms with van der Waals surface area (Å²) in [5.41, 5.74) is 27.6. The van der Waals surface area contributed by atoms with Crippen molar-refractivity contribution in [3.05, 3.63) is 233 Å². The lowest BCUT2D eigenvalue weighted by atomic mass is 9.81. The number of rotatable bonds is 7. The van der Waals surface area contributed by atoms with Gasteiger partial charge in [0.05, 0.1) is 0 Å². The van der Waals surface area contributed by atoms with Gasteiger partial charge in [-0.1, -0.05) is 173 Å². The van der Waals surface area contributed by atoms with E-state index in [2.05, 4.69) is 228 Å². The minimum atomic E-state index is -0.230. The molecule has 3 aliphatic rings. The van der Waals surface area contributed by atoms with E-state index in [0.717, 1.165) is 28.4 Å². The minimum Gasteiger partial charge on any atom is -0.456 e. The average Bonchev–Trinajstić information content (AvgIpc) is 3.97. The second-order valence-corrected chi connectivity index (χ2v) is 19.8. The quantitative estimate of drug-likeness (QED) is 0.159. The fourth-order valence-corrected chi connectivity index (χ4v) is 12.0. The number of hydrogen-bond donors (Lipinski definition) is 0. The van der Waals surface area contributed by atoms with Crippen LogP contribution in [0.2, 0.25) is 0 Å². The highest BCUT2D eigenvalue weighted by Crippen LogP contribution is 2.55. The number of hydrogen-bond acceptors (Lipinski definition) is 2. The summed E-state index contributed by atoms with van der Waals surface area (Å²) >= 11 is 0. The largest absolute Gasteiger partial charge is 0.456 e. The first-order valence-corrected chi connectivity index (χ1v) is 24.0. The highest BCUT2D eigenvalue weighted by molar-refractivity contribution is 6.06. The Balaban J connectivity index is 0.928. The van der Waals surface area contributed by atoms with Crippen LogP contribution in [0.5, 0.6) is 0 Å². The molecule has 0 N–H and O–H groups in total. The summed E-state index contributed by atoms with van der Waals surface area (Å²) < 4.78 is 6.34. The third-order valence-electron chi connectivity index (χ3n) is 15.3. The first kappa shape index (κ1) is 39.7. The van der Waals surface area contributed by atoms with E-state index in [4.69, 9.17) is 4.42 Å². The summed E-state index contributed by atoms with van der Waals surface area (Å²) in [4.78, 5) is 2.56. The lowest BCUT2D eigenvalue weighted by Gasteiger charge is -2.34. The summed E-state index contributed by atoms with van der Waals surface area (Å²) in [7, 11) is 0. The molecule has 3 aliphatic carbocycles. The molecule has 9 aromatic carbocycles. The van der Waals surface area contributed by atoms with Gasteiger partial charge >= 0.3 is 0 Å². The number of allylic oxidation sites excluding steroid dienone is 1. The molecular formula is C65H51NO. The molecule has 1 heterocycles. The maximum absolute atomic E-state index is 6.34. The summed E-state index contributed by atoms with van der Waals surface area (Å²) in [6.07, 6.45) is 3.47. The maximum atomic E-state index is 6.34. The molecule has 0 aliphatic heterocycles. The van der Waals surface area contributed by atoms with Gasteiger partial charge in [-0.15, -0.1) is 0 Å². The Labute approximate surface area is 393 Å². The van der Waals surface area contributed by atoms with Crippen molar-refractivity contribution in [2.45, 2.75) is 58.3 Å². The number of fused-ring (bicyclic) bond motifs is 9. The zero-order chi connectivity index (χ0) is 45.1. The fraction of sp³-hybridized carbons (Fsp3) is 0.138. The lowest BCUT2D eigenvalue weighted by molar-refractivity contribution is 0.660. The molecule has 13 rings (SSSR count). The van der Waals surface area contributed by atoms with Crippen molar-refractivity contribution in [1.82, 2.24) is 0 Å². The van der Waals surface area contributed by atoms with Crippen molar-refractivity contribution in [2.75, 3.05) is 4.90 Å². The van der Waals surface area contributed by atoms with Crippen LogP contribution in [0.1, 0.15) is 84.9 Å². The van der Waals surface area contributed by atoms with E-state index in [-0.39, 0.29) is 5.41 Å². The SMILES string of the molecule is Cc1cc(N(C2=CCC3c4ccccc4-c4cccc2c43)c2ccc3c(c2)C(C)(C)c2cc(-c4ccc5c(c4)oc4ccccc45)ccc2-3)ccc1-c1ccc(-c2ccccc2)cc1C(C)C. The van der Waals surface area contributed by atoms with Crippen molar-refractivity contribution in [1.29, 1.82) is 0 Å². The van der Waals surface area contributed by atoms with Crippen LogP contribution in [0.25, 0.3) is 83.3 Å². The van der Waals surface area contributed by atoms with Gasteiger partial charge in [0.15, 0.2) is 0 Å². The number of furan rings is 1. The van der Waals surface area contributed by atoms with E-state index >= 15 is 0 Å². The topological polar surface area (TPSA) is 16.4 Å². The van der Waals surface area contributed by atoms with Crippen LogP contribution in [-0.2, 0) is 5.41 Å². The molecule has 322 valence electrons. The van der Waals surface area contributed by atoms with Gasteiger partial charge in [0.2, 0.25) is 0 Å². The normalized spacial score (nSPS) is 15.1. The highest BCUT2D eigenvalue weighted by Gasteiger charge is 2.38. The molecule has 0 bridgehead atoms. The van der Waals surface area contributed by atoms with Gasteiger partial charge in [-0.25, -0.2) is 0 Å². The van der Waals surface area contributed by atoms with E-state index in [1.54, 1.807) is 0 Å². The maximum Gasteiger partial charge on any atom is 0.136 e. The van der Waals surface area contributed by atoms with E-state index in [0.29, 0.717) is 11.8 Å². The third-order valence-corrected chi connectivity index (χ3v) is 15.3. The Bertz CT molecular complexity index is 3690. The Kier molecular flexibility index (Phi) is 8.83. The highest BCUT2D eigenvalue weighted by atomic mass is 16.3. The van der Waals surface area contributed by atoms with Crippen LogP contribution >= 0.6 is 0 Å². The number of nitrogens with zero attached hydrogens (tertiary/aromatic N) is 1. The first-order valence-electron chi connectivity index (χ1n) is 24.0. The van der Waals surface area contributed by atoms with Gasteiger partial charge in [-0.3, -0.25) is 0 Å². The van der Waals surface area contributed by atoms with Crippen LogP contribution in [0.15, 0.2) is 199 Å². The molecule has 2 nitrogen and oxygen atoms in total. The average molecular weight is 862 g/mol. The molecule has 10 aromatic rings. The molecule has 1 unspecified atom stereocenters. The number of benzene rings is 9.